The summed E-state index contributed by atoms with van der Waals surface area (Å²) in [4.78, 5) is 9.91. The van der Waals surface area contributed by atoms with Crippen LogP contribution in [0.4, 0.5) is 5.82 Å². The van der Waals surface area contributed by atoms with E-state index in [1.807, 2.05) is 54.6 Å². The van der Waals surface area contributed by atoms with Gasteiger partial charge >= 0.3 is 0 Å². The molecule has 0 aliphatic heterocycles. The first-order chi connectivity index (χ1) is 13.4. The first kappa shape index (κ1) is 19.9. The summed E-state index contributed by atoms with van der Waals surface area (Å²) in [5.41, 5.74) is 0.351. The molecular formula is C21H22ClN3O3. The molecule has 0 amide bonds. The van der Waals surface area contributed by atoms with E-state index in [4.69, 9.17) is 21.1 Å². The van der Waals surface area contributed by atoms with Crippen LogP contribution in [0.1, 0.15) is 18.1 Å². The predicted molar refractivity (Wildman–Crippen MR) is 109 cm³/mol. The molecule has 1 N–H and O–H groups in total. The smallest absolute Gasteiger partial charge is 0.224 e. The van der Waals surface area contributed by atoms with Gasteiger partial charge < -0.3 is 19.5 Å². The quantitative estimate of drug-likeness (QED) is 0.478. The van der Waals surface area contributed by atoms with Crippen LogP contribution in [0, 0.1) is 0 Å². The largest absolute Gasteiger partial charge is 0.497 e. The molecule has 6 nitrogen and oxygen atoms in total. The fourth-order valence-corrected chi connectivity index (χ4v) is 2.85. The van der Waals surface area contributed by atoms with Gasteiger partial charge in [-0.15, -0.1) is 0 Å². The number of anilines is 1. The number of ether oxygens (including phenoxy) is 2. The van der Waals surface area contributed by atoms with Gasteiger partial charge in [0.1, 0.15) is 12.4 Å². The van der Waals surface area contributed by atoms with Crippen molar-refractivity contribution in [1.29, 1.82) is 0 Å². The standard InChI is InChI=1S/C21H22ClN3O3/c1-21(26,16-7-5-4-6-8-16)25(2)19-18(13-23-20(22)24-19)28-14-15-9-11-17(27-3)12-10-15/h4-13,26H,14H2,1-3H3/t21-/m1/s1. The van der Waals surface area contributed by atoms with Crippen LogP contribution < -0.4 is 14.4 Å². The van der Waals surface area contributed by atoms with Crippen molar-refractivity contribution in [3.8, 4) is 11.5 Å². The number of halogens is 1. The third-order valence-corrected chi connectivity index (χ3v) is 4.73. The summed E-state index contributed by atoms with van der Waals surface area (Å²) in [6.45, 7) is 1.99. The molecule has 0 radical (unpaired) electrons. The highest BCUT2D eigenvalue weighted by molar-refractivity contribution is 6.28. The third kappa shape index (κ3) is 4.35. The van der Waals surface area contributed by atoms with Crippen LogP contribution in [0.5, 0.6) is 11.5 Å². The lowest BCUT2D eigenvalue weighted by molar-refractivity contribution is 0.0569. The van der Waals surface area contributed by atoms with E-state index in [0.29, 0.717) is 23.7 Å². The summed E-state index contributed by atoms with van der Waals surface area (Å²) in [7, 11) is 3.35. The maximum absolute atomic E-state index is 11.1. The number of nitrogens with zero attached hydrogens (tertiary/aromatic N) is 3. The van der Waals surface area contributed by atoms with E-state index >= 15 is 0 Å². The Bertz CT molecular complexity index is 918. The fraction of sp³-hybridized carbons (Fsp3) is 0.238. The molecule has 7 heteroatoms. The van der Waals surface area contributed by atoms with Crippen molar-refractivity contribution in [3.05, 3.63) is 77.2 Å². The normalized spacial score (nSPS) is 12.9. The lowest BCUT2D eigenvalue weighted by Crippen LogP contribution is -2.42. The van der Waals surface area contributed by atoms with Crippen molar-refractivity contribution < 1.29 is 14.6 Å². The van der Waals surface area contributed by atoms with Gasteiger partial charge in [0, 0.05) is 12.6 Å². The maximum Gasteiger partial charge on any atom is 0.224 e. The van der Waals surface area contributed by atoms with Crippen molar-refractivity contribution in [1.82, 2.24) is 9.97 Å². The lowest BCUT2D eigenvalue weighted by atomic mass is 10.0. The molecule has 0 saturated carbocycles. The van der Waals surface area contributed by atoms with E-state index in [9.17, 15) is 5.11 Å². The number of rotatable bonds is 7. The first-order valence-corrected chi connectivity index (χ1v) is 9.09. The monoisotopic (exact) mass is 399 g/mol. The lowest BCUT2D eigenvalue weighted by Gasteiger charge is -2.35. The van der Waals surface area contributed by atoms with Crippen LogP contribution in [0.2, 0.25) is 5.28 Å². The Morgan fingerprint density at radius 2 is 1.79 bits per heavy atom. The van der Waals surface area contributed by atoms with Crippen molar-refractivity contribution in [3.63, 3.8) is 0 Å². The Morgan fingerprint density at radius 1 is 1.11 bits per heavy atom. The minimum atomic E-state index is -1.32. The van der Waals surface area contributed by atoms with Crippen molar-refractivity contribution in [2.45, 2.75) is 19.3 Å². The third-order valence-electron chi connectivity index (χ3n) is 4.55. The van der Waals surface area contributed by atoms with E-state index in [2.05, 4.69) is 9.97 Å². The molecule has 1 atom stereocenters. The molecule has 0 unspecified atom stereocenters. The van der Waals surface area contributed by atoms with Gasteiger partial charge in [0.2, 0.25) is 5.28 Å². The highest BCUT2D eigenvalue weighted by atomic mass is 35.5. The minimum Gasteiger partial charge on any atom is -0.497 e. The number of methoxy groups -OCH3 is 1. The van der Waals surface area contributed by atoms with Gasteiger partial charge in [-0.2, -0.15) is 4.98 Å². The SMILES string of the molecule is COc1ccc(COc2cnc(Cl)nc2N(C)[C@](C)(O)c2ccccc2)cc1. The zero-order valence-electron chi connectivity index (χ0n) is 16.0. The summed E-state index contributed by atoms with van der Waals surface area (Å²) in [5.74, 6) is 1.58. The molecule has 0 aliphatic carbocycles. The van der Waals surface area contributed by atoms with Gasteiger partial charge in [0.25, 0.3) is 0 Å². The Morgan fingerprint density at radius 3 is 2.43 bits per heavy atom. The van der Waals surface area contributed by atoms with Crippen LogP contribution >= 0.6 is 11.6 Å². The summed E-state index contributed by atoms with van der Waals surface area (Å²) in [5, 5.41) is 11.2. The molecule has 3 aromatic rings. The molecule has 0 saturated heterocycles. The maximum atomic E-state index is 11.1. The van der Waals surface area contributed by atoms with Crippen LogP contribution in [-0.2, 0) is 12.3 Å². The molecule has 0 aliphatic rings. The average molecular weight is 400 g/mol. The number of aromatic nitrogens is 2. The van der Waals surface area contributed by atoms with Crippen molar-refractivity contribution in [2.24, 2.45) is 0 Å². The number of hydrogen-bond acceptors (Lipinski definition) is 6. The second kappa shape index (κ2) is 8.46. The Balaban J connectivity index is 1.85. The second-order valence-electron chi connectivity index (χ2n) is 6.41. The van der Waals surface area contributed by atoms with Crippen LogP contribution in [0.15, 0.2) is 60.8 Å². The van der Waals surface area contributed by atoms with E-state index in [1.54, 1.807) is 26.0 Å². The number of hydrogen-bond donors (Lipinski definition) is 1. The Kier molecular flexibility index (Phi) is 6.02. The van der Waals surface area contributed by atoms with Crippen molar-refractivity contribution in [2.75, 3.05) is 19.1 Å². The Labute approximate surface area is 169 Å². The van der Waals surface area contributed by atoms with Gasteiger partial charge in [-0.3, -0.25) is 0 Å². The van der Waals surface area contributed by atoms with Gasteiger partial charge in [-0.25, -0.2) is 4.98 Å². The molecule has 1 heterocycles. The van der Waals surface area contributed by atoms with Crippen LogP contribution in [0.25, 0.3) is 0 Å². The van der Waals surface area contributed by atoms with E-state index in [0.717, 1.165) is 11.3 Å². The number of benzene rings is 2. The zero-order valence-corrected chi connectivity index (χ0v) is 16.7. The van der Waals surface area contributed by atoms with Gasteiger partial charge in [-0.1, -0.05) is 42.5 Å². The van der Waals surface area contributed by atoms with Crippen LogP contribution in [-0.4, -0.2) is 29.2 Å². The van der Waals surface area contributed by atoms with Gasteiger partial charge in [0.05, 0.1) is 13.3 Å². The molecule has 0 bridgehead atoms. The number of aliphatic hydroxyl groups is 1. The summed E-state index contributed by atoms with van der Waals surface area (Å²) in [6, 6.07) is 16.9. The molecular weight excluding hydrogens is 378 g/mol. The second-order valence-corrected chi connectivity index (χ2v) is 6.75. The van der Waals surface area contributed by atoms with Crippen LogP contribution in [0.3, 0.4) is 0 Å². The molecule has 2 aromatic carbocycles. The zero-order chi connectivity index (χ0) is 20.1. The summed E-state index contributed by atoms with van der Waals surface area (Å²) < 4.78 is 11.1. The Hall–Kier alpha value is -2.83. The first-order valence-electron chi connectivity index (χ1n) is 8.72. The van der Waals surface area contributed by atoms with Crippen molar-refractivity contribution >= 4 is 17.4 Å². The topological polar surface area (TPSA) is 67.7 Å². The van der Waals surface area contributed by atoms with E-state index in [-0.39, 0.29) is 5.28 Å². The average Bonchev–Trinajstić information content (AvgIpc) is 2.73. The summed E-state index contributed by atoms with van der Waals surface area (Å²) >= 11 is 6.01. The molecule has 3 rings (SSSR count). The predicted octanol–water partition coefficient (Wildman–Crippen LogP) is 4.02. The van der Waals surface area contributed by atoms with Gasteiger partial charge in [0.15, 0.2) is 17.3 Å². The fourth-order valence-electron chi connectivity index (χ4n) is 2.72. The molecule has 0 spiro atoms. The molecule has 28 heavy (non-hydrogen) atoms. The van der Waals surface area contributed by atoms with E-state index < -0.39 is 5.72 Å². The summed E-state index contributed by atoms with van der Waals surface area (Å²) in [6.07, 6.45) is 1.51. The highest BCUT2D eigenvalue weighted by Crippen LogP contribution is 2.34. The minimum absolute atomic E-state index is 0.0718. The molecule has 146 valence electrons. The highest BCUT2D eigenvalue weighted by Gasteiger charge is 2.31. The molecule has 1 aromatic heterocycles. The van der Waals surface area contributed by atoms with E-state index in [1.165, 1.54) is 6.20 Å². The molecule has 0 fully saturated rings. The van der Waals surface area contributed by atoms with Gasteiger partial charge in [-0.05, 0) is 36.2 Å².